The van der Waals surface area contributed by atoms with Crippen LogP contribution in [-0.2, 0) is 29.6 Å². The summed E-state index contributed by atoms with van der Waals surface area (Å²) in [5, 5.41) is 2.94. The van der Waals surface area contributed by atoms with Gasteiger partial charge in [0.2, 0.25) is 10.0 Å². The molecule has 31 heavy (non-hydrogen) atoms. The number of amides is 1. The first-order chi connectivity index (χ1) is 14.9. The van der Waals surface area contributed by atoms with E-state index in [4.69, 9.17) is 4.74 Å². The molecule has 1 N–H and O–H groups in total. The second kappa shape index (κ2) is 8.81. The van der Waals surface area contributed by atoms with Gasteiger partial charge in [0, 0.05) is 18.7 Å². The van der Waals surface area contributed by atoms with Crippen molar-refractivity contribution in [3.8, 4) is 5.75 Å². The zero-order chi connectivity index (χ0) is 21.8. The molecule has 6 nitrogen and oxygen atoms in total. The molecule has 0 saturated heterocycles. The molecule has 7 heteroatoms. The van der Waals surface area contributed by atoms with Gasteiger partial charge in [-0.2, -0.15) is 0 Å². The van der Waals surface area contributed by atoms with Crippen LogP contribution in [0.3, 0.4) is 0 Å². The molecule has 1 amide bonds. The monoisotopic (exact) mass is 436 g/mol. The molecule has 0 unspecified atom stereocenters. The summed E-state index contributed by atoms with van der Waals surface area (Å²) >= 11 is 0. The molecule has 0 bridgehead atoms. The van der Waals surface area contributed by atoms with Crippen LogP contribution in [0, 0.1) is 0 Å². The number of nitrogens with one attached hydrogen (secondary N) is 1. The summed E-state index contributed by atoms with van der Waals surface area (Å²) in [5.41, 5.74) is 4.06. The van der Waals surface area contributed by atoms with Crippen LogP contribution >= 0.6 is 0 Å². The Bertz CT molecular complexity index is 1190. The molecule has 0 spiro atoms. The van der Waals surface area contributed by atoms with Gasteiger partial charge >= 0.3 is 0 Å². The molecule has 0 aromatic heterocycles. The Kier molecular flexibility index (Phi) is 5.95. The van der Waals surface area contributed by atoms with Crippen LogP contribution in [0.1, 0.15) is 27.0 Å². The Morgan fingerprint density at radius 1 is 1.00 bits per heavy atom. The standard InChI is InChI=1S/C24H24N2O4S/c1-31(28,29)26-13-12-20-15-21(10-11-23(20)26)24(27)25-16-18-6-5-7-19(14-18)17-30-22-8-3-2-4-9-22/h2-11,14-15H,12-13,16-17H2,1H3,(H,25,27). The van der Waals surface area contributed by atoms with E-state index in [1.807, 2.05) is 54.6 Å². The SMILES string of the molecule is CS(=O)(=O)N1CCc2cc(C(=O)NCc3cccc(COc4ccccc4)c3)ccc21. The van der Waals surface area contributed by atoms with Gasteiger partial charge in [-0.15, -0.1) is 0 Å². The summed E-state index contributed by atoms with van der Waals surface area (Å²) < 4.78 is 30.9. The van der Waals surface area contributed by atoms with Gasteiger partial charge in [0.05, 0.1) is 11.9 Å². The number of sulfonamides is 1. The van der Waals surface area contributed by atoms with E-state index in [0.29, 0.717) is 37.4 Å². The molecule has 160 valence electrons. The van der Waals surface area contributed by atoms with Crippen molar-refractivity contribution in [3.63, 3.8) is 0 Å². The highest BCUT2D eigenvalue weighted by Gasteiger charge is 2.26. The van der Waals surface area contributed by atoms with E-state index < -0.39 is 10.0 Å². The van der Waals surface area contributed by atoms with Gasteiger partial charge in [-0.25, -0.2) is 8.42 Å². The molecular formula is C24H24N2O4S. The smallest absolute Gasteiger partial charge is 0.251 e. The van der Waals surface area contributed by atoms with Crippen molar-refractivity contribution in [2.75, 3.05) is 17.1 Å². The van der Waals surface area contributed by atoms with Crippen LogP contribution in [0.4, 0.5) is 5.69 Å². The molecule has 1 aliphatic rings. The largest absolute Gasteiger partial charge is 0.489 e. The third kappa shape index (κ3) is 5.06. The Morgan fingerprint density at radius 3 is 2.55 bits per heavy atom. The molecule has 4 rings (SSSR count). The number of para-hydroxylation sites is 1. The van der Waals surface area contributed by atoms with Crippen molar-refractivity contribution in [3.05, 3.63) is 95.1 Å². The number of hydrogen-bond acceptors (Lipinski definition) is 4. The zero-order valence-electron chi connectivity index (χ0n) is 17.2. The average Bonchev–Trinajstić information content (AvgIpc) is 3.21. The Morgan fingerprint density at radius 2 is 1.77 bits per heavy atom. The number of rotatable bonds is 7. The topological polar surface area (TPSA) is 75.7 Å². The predicted molar refractivity (Wildman–Crippen MR) is 121 cm³/mol. The van der Waals surface area contributed by atoms with Gasteiger partial charge in [0.25, 0.3) is 5.91 Å². The summed E-state index contributed by atoms with van der Waals surface area (Å²) in [6, 6.07) is 22.7. The Balaban J connectivity index is 1.37. The molecule has 0 fully saturated rings. The maximum Gasteiger partial charge on any atom is 0.251 e. The lowest BCUT2D eigenvalue weighted by molar-refractivity contribution is 0.0951. The number of nitrogens with zero attached hydrogens (tertiary/aromatic N) is 1. The summed E-state index contributed by atoms with van der Waals surface area (Å²) in [4.78, 5) is 12.6. The first-order valence-electron chi connectivity index (χ1n) is 10.0. The fraction of sp³-hybridized carbons (Fsp3) is 0.208. The van der Waals surface area contributed by atoms with Gasteiger partial charge in [0.15, 0.2) is 0 Å². The van der Waals surface area contributed by atoms with Crippen molar-refractivity contribution < 1.29 is 17.9 Å². The van der Waals surface area contributed by atoms with E-state index in [1.54, 1.807) is 18.2 Å². The lowest BCUT2D eigenvalue weighted by Gasteiger charge is -2.16. The van der Waals surface area contributed by atoms with Crippen molar-refractivity contribution >= 4 is 21.6 Å². The fourth-order valence-electron chi connectivity index (χ4n) is 3.65. The number of carbonyl (C=O) groups excluding carboxylic acids is 1. The molecule has 0 atom stereocenters. The summed E-state index contributed by atoms with van der Waals surface area (Å²) in [5.74, 6) is 0.624. The molecule has 0 radical (unpaired) electrons. The quantitative estimate of drug-likeness (QED) is 0.615. The average molecular weight is 437 g/mol. The highest BCUT2D eigenvalue weighted by molar-refractivity contribution is 7.92. The third-order valence-corrected chi connectivity index (χ3v) is 6.37. The van der Waals surface area contributed by atoms with E-state index in [9.17, 15) is 13.2 Å². The van der Waals surface area contributed by atoms with Gasteiger partial charge in [0.1, 0.15) is 12.4 Å². The fourth-order valence-corrected chi connectivity index (χ4v) is 4.61. The lowest BCUT2D eigenvalue weighted by atomic mass is 10.1. The molecule has 3 aromatic carbocycles. The number of hydrogen-bond donors (Lipinski definition) is 1. The van der Waals surface area contributed by atoms with Crippen molar-refractivity contribution in [1.29, 1.82) is 0 Å². The Labute approximate surface area is 182 Å². The first kappa shape index (κ1) is 20.9. The second-order valence-electron chi connectivity index (χ2n) is 7.53. The summed E-state index contributed by atoms with van der Waals surface area (Å²) in [6.07, 6.45) is 1.80. The number of ether oxygens (including phenoxy) is 1. The summed E-state index contributed by atoms with van der Waals surface area (Å²) in [6.45, 7) is 1.26. The van der Waals surface area contributed by atoms with E-state index in [1.165, 1.54) is 10.6 Å². The van der Waals surface area contributed by atoms with Crippen molar-refractivity contribution in [2.24, 2.45) is 0 Å². The Hall–Kier alpha value is -3.32. The van der Waals surface area contributed by atoms with Gasteiger partial charge < -0.3 is 10.1 Å². The van der Waals surface area contributed by atoms with Crippen LogP contribution in [-0.4, -0.2) is 27.1 Å². The molecule has 1 heterocycles. The summed E-state index contributed by atoms with van der Waals surface area (Å²) in [7, 11) is -3.30. The highest BCUT2D eigenvalue weighted by Crippen LogP contribution is 2.30. The maximum atomic E-state index is 12.6. The minimum Gasteiger partial charge on any atom is -0.489 e. The first-order valence-corrected chi connectivity index (χ1v) is 11.9. The molecular weight excluding hydrogens is 412 g/mol. The van der Waals surface area contributed by atoms with Gasteiger partial charge in [-0.1, -0.05) is 42.5 Å². The lowest BCUT2D eigenvalue weighted by Crippen LogP contribution is -2.27. The number of benzene rings is 3. The second-order valence-corrected chi connectivity index (χ2v) is 9.44. The minimum atomic E-state index is -3.30. The zero-order valence-corrected chi connectivity index (χ0v) is 18.1. The maximum absolute atomic E-state index is 12.6. The number of fused-ring (bicyclic) bond motifs is 1. The number of anilines is 1. The normalized spacial score (nSPS) is 13.0. The minimum absolute atomic E-state index is 0.188. The van der Waals surface area contributed by atoms with E-state index >= 15 is 0 Å². The van der Waals surface area contributed by atoms with Crippen LogP contribution < -0.4 is 14.4 Å². The van der Waals surface area contributed by atoms with Crippen molar-refractivity contribution in [2.45, 2.75) is 19.6 Å². The molecule has 0 aliphatic carbocycles. The van der Waals surface area contributed by atoms with Crippen LogP contribution in [0.15, 0.2) is 72.8 Å². The van der Waals surface area contributed by atoms with E-state index in [2.05, 4.69) is 5.32 Å². The number of carbonyl (C=O) groups is 1. The molecule has 3 aromatic rings. The third-order valence-electron chi connectivity index (χ3n) is 5.19. The predicted octanol–water partition coefficient (Wildman–Crippen LogP) is 3.52. The van der Waals surface area contributed by atoms with Gasteiger partial charge in [-0.3, -0.25) is 9.10 Å². The van der Waals surface area contributed by atoms with E-state index in [0.717, 1.165) is 22.4 Å². The highest BCUT2D eigenvalue weighted by atomic mass is 32.2. The van der Waals surface area contributed by atoms with Gasteiger partial charge in [-0.05, 0) is 53.4 Å². The van der Waals surface area contributed by atoms with Crippen molar-refractivity contribution in [1.82, 2.24) is 5.32 Å². The van der Waals surface area contributed by atoms with Crippen LogP contribution in [0.25, 0.3) is 0 Å². The van der Waals surface area contributed by atoms with Crippen LogP contribution in [0.5, 0.6) is 5.75 Å². The van der Waals surface area contributed by atoms with Crippen LogP contribution in [0.2, 0.25) is 0 Å². The molecule has 1 aliphatic heterocycles. The van der Waals surface area contributed by atoms with E-state index in [-0.39, 0.29) is 5.91 Å². The molecule has 0 saturated carbocycles.